The van der Waals surface area contributed by atoms with Crippen LogP contribution in [0.5, 0.6) is 0 Å². The number of hydrogen-bond acceptors (Lipinski definition) is 4. The molecule has 0 radical (unpaired) electrons. The minimum Gasteiger partial charge on any atom is -0.362 e. The van der Waals surface area contributed by atoms with Crippen molar-refractivity contribution in [3.63, 3.8) is 0 Å². The van der Waals surface area contributed by atoms with Crippen molar-refractivity contribution in [2.24, 2.45) is 0 Å². The summed E-state index contributed by atoms with van der Waals surface area (Å²) in [6, 6.07) is 9.21. The van der Waals surface area contributed by atoms with Crippen LogP contribution in [-0.4, -0.2) is 31.3 Å². The molecule has 5 nitrogen and oxygen atoms in total. The van der Waals surface area contributed by atoms with Crippen molar-refractivity contribution in [3.8, 4) is 6.07 Å². The SMILES string of the molecule is N#CCNC(=O)CN1CCCC(=O)c2ccccc21. The average molecular weight is 257 g/mol. The van der Waals surface area contributed by atoms with Crippen LogP contribution in [0.25, 0.3) is 0 Å². The van der Waals surface area contributed by atoms with E-state index in [9.17, 15) is 9.59 Å². The second-order valence-electron chi connectivity index (χ2n) is 4.40. The molecule has 1 aliphatic heterocycles. The Morgan fingerprint density at radius 1 is 1.42 bits per heavy atom. The Morgan fingerprint density at radius 2 is 2.21 bits per heavy atom. The molecule has 0 spiro atoms. The van der Waals surface area contributed by atoms with Crippen molar-refractivity contribution in [1.82, 2.24) is 5.32 Å². The number of nitrogens with one attached hydrogen (secondary N) is 1. The zero-order chi connectivity index (χ0) is 13.7. The van der Waals surface area contributed by atoms with Crippen molar-refractivity contribution >= 4 is 17.4 Å². The predicted octanol–water partition coefficient (Wildman–Crippen LogP) is 1.11. The van der Waals surface area contributed by atoms with Crippen molar-refractivity contribution < 1.29 is 9.59 Å². The minimum atomic E-state index is -0.203. The number of nitrogens with zero attached hydrogens (tertiary/aromatic N) is 2. The highest BCUT2D eigenvalue weighted by atomic mass is 16.2. The Hall–Kier alpha value is -2.35. The molecule has 2 rings (SSSR count). The van der Waals surface area contributed by atoms with Crippen LogP contribution in [0.1, 0.15) is 23.2 Å². The fourth-order valence-electron chi connectivity index (χ4n) is 2.20. The summed E-state index contributed by atoms with van der Waals surface area (Å²) in [6.07, 6.45) is 1.24. The van der Waals surface area contributed by atoms with E-state index in [1.807, 2.05) is 29.2 Å². The van der Waals surface area contributed by atoms with E-state index in [2.05, 4.69) is 5.32 Å². The fourth-order valence-corrected chi connectivity index (χ4v) is 2.20. The molecule has 0 saturated carbocycles. The topological polar surface area (TPSA) is 73.2 Å². The number of para-hydroxylation sites is 1. The number of carbonyl (C=O) groups is 2. The molecule has 1 amide bonds. The van der Waals surface area contributed by atoms with Crippen LogP contribution in [0.4, 0.5) is 5.69 Å². The van der Waals surface area contributed by atoms with Crippen molar-refractivity contribution in [2.75, 3.05) is 24.5 Å². The molecule has 0 unspecified atom stereocenters. The van der Waals surface area contributed by atoms with Gasteiger partial charge in [-0.25, -0.2) is 0 Å². The number of benzene rings is 1. The number of anilines is 1. The highest BCUT2D eigenvalue weighted by Crippen LogP contribution is 2.25. The van der Waals surface area contributed by atoms with Crippen molar-refractivity contribution in [1.29, 1.82) is 5.26 Å². The van der Waals surface area contributed by atoms with Gasteiger partial charge < -0.3 is 10.2 Å². The van der Waals surface area contributed by atoms with Crippen LogP contribution in [-0.2, 0) is 4.79 Å². The molecule has 0 aliphatic carbocycles. The molecule has 5 heteroatoms. The number of carbonyl (C=O) groups excluding carboxylic acids is 2. The smallest absolute Gasteiger partial charge is 0.240 e. The summed E-state index contributed by atoms with van der Waals surface area (Å²) in [5.74, 6) is -0.0822. The zero-order valence-corrected chi connectivity index (χ0v) is 10.6. The highest BCUT2D eigenvalue weighted by molar-refractivity contribution is 6.02. The molecular formula is C14H15N3O2. The van der Waals surface area contributed by atoms with Gasteiger partial charge in [0.15, 0.2) is 5.78 Å². The predicted molar refractivity (Wildman–Crippen MR) is 70.8 cm³/mol. The fraction of sp³-hybridized carbons (Fsp3) is 0.357. The molecule has 0 fully saturated rings. The lowest BCUT2D eigenvalue weighted by molar-refractivity contribution is -0.119. The van der Waals surface area contributed by atoms with Gasteiger partial charge in [0.05, 0.1) is 12.6 Å². The lowest BCUT2D eigenvalue weighted by Crippen LogP contribution is -2.37. The van der Waals surface area contributed by atoms with Gasteiger partial charge in [0.1, 0.15) is 6.54 Å². The van der Waals surface area contributed by atoms with E-state index in [0.29, 0.717) is 18.5 Å². The minimum absolute atomic E-state index is 0.00719. The van der Waals surface area contributed by atoms with Gasteiger partial charge in [0.2, 0.25) is 5.91 Å². The molecule has 0 saturated heterocycles. The van der Waals surface area contributed by atoms with Crippen LogP contribution in [0.2, 0.25) is 0 Å². The lowest BCUT2D eigenvalue weighted by Gasteiger charge is -2.23. The van der Waals surface area contributed by atoms with Crippen molar-refractivity contribution in [3.05, 3.63) is 29.8 Å². The third-order valence-corrected chi connectivity index (χ3v) is 3.08. The molecule has 1 aliphatic rings. The summed E-state index contributed by atoms with van der Waals surface area (Å²) < 4.78 is 0. The Morgan fingerprint density at radius 3 is 3.00 bits per heavy atom. The van der Waals surface area contributed by atoms with Gasteiger partial charge in [-0.1, -0.05) is 12.1 Å². The monoisotopic (exact) mass is 257 g/mol. The summed E-state index contributed by atoms with van der Waals surface area (Å²) in [6.45, 7) is 0.849. The first-order chi connectivity index (χ1) is 9.22. The number of amides is 1. The molecule has 0 aromatic heterocycles. The summed E-state index contributed by atoms with van der Waals surface area (Å²) in [5, 5.41) is 11.0. The second-order valence-corrected chi connectivity index (χ2v) is 4.40. The number of rotatable bonds is 3. The Kier molecular flexibility index (Phi) is 4.14. The quantitative estimate of drug-likeness (QED) is 0.823. The molecule has 19 heavy (non-hydrogen) atoms. The van der Waals surface area contributed by atoms with E-state index in [4.69, 9.17) is 5.26 Å². The number of nitriles is 1. The first-order valence-corrected chi connectivity index (χ1v) is 6.23. The molecule has 0 atom stereocenters. The van der Waals surface area contributed by atoms with Gasteiger partial charge >= 0.3 is 0 Å². The first-order valence-electron chi connectivity index (χ1n) is 6.23. The van der Waals surface area contributed by atoms with Crippen LogP contribution in [0.15, 0.2) is 24.3 Å². The summed E-state index contributed by atoms with van der Waals surface area (Å²) >= 11 is 0. The average Bonchev–Trinajstić information content (AvgIpc) is 2.58. The number of ketones is 1. The van der Waals surface area contributed by atoms with E-state index >= 15 is 0 Å². The second kappa shape index (κ2) is 6.01. The summed E-state index contributed by atoms with van der Waals surface area (Å²) in [4.78, 5) is 25.5. The largest absolute Gasteiger partial charge is 0.362 e. The van der Waals surface area contributed by atoms with Crippen LogP contribution in [0.3, 0.4) is 0 Å². The van der Waals surface area contributed by atoms with Crippen LogP contribution >= 0.6 is 0 Å². The third kappa shape index (κ3) is 3.10. The van der Waals surface area contributed by atoms with Gasteiger partial charge in [-0.3, -0.25) is 9.59 Å². The Bertz CT molecular complexity index is 534. The van der Waals surface area contributed by atoms with Gasteiger partial charge in [-0.05, 0) is 18.6 Å². The van der Waals surface area contributed by atoms with E-state index < -0.39 is 0 Å². The summed E-state index contributed by atoms with van der Waals surface area (Å²) in [5.41, 5.74) is 1.48. The van der Waals surface area contributed by atoms with E-state index in [-0.39, 0.29) is 24.8 Å². The van der Waals surface area contributed by atoms with Crippen LogP contribution < -0.4 is 10.2 Å². The molecule has 98 valence electrons. The van der Waals surface area contributed by atoms with Gasteiger partial charge in [-0.2, -0.15) is 5.26 Å². The Labute approximate surface area is 111 Å². The standard InChI is InChI=1S/C14H15N3O2/c15-7-8-16-14(19)10-17-9-3-6-13(18)11-4-1-2-5-12(11)17/h1-2,4-5H,3,6,8-10H2,(H,16,19). The zero-order valence-electron chi connectivity index (χ0n) is 10.6. The van der Waals surface area contributed by atoms with Gasteiger partial charge in [0, 0.05) is 24.2 Å². The highest BCUT2D eigenvalue weighted by Gasteiger charge is 2.21. The molecule has 1 N–H and O–H groups in total. The van der Waals surface area contributed by atoms with E-state index in [1.54, 1.807) is 6.07 Å². The third-order valence-electron chi connectivity index (χ3n) is 3.08. The van der Waals surface area contributed by atoms with Crippen LogP contribution in [0, 0.1) is 11.3 Å². The first kappa shape index (κ1) is 13.1. The van der Waals surface area contributed by atoms with Gasteiger partial charge in [-0.15, -0.1) is 0 Å². The van der Waals surface area contributed by atoms with E-state index in [0.717, 1.165) is 12.1 Å². The maximum atomic E-state index is 11.9. The van der Waals surface area contributed by atoms with Gasteiger partial charge in [0.25, 0.3) is 0 Å². The molecular weight excluding hydrogens is 242 g/mol. The summed E-state index contributed by atoms with van der Waals surface area (Å²) in [7, 11) is 0. The molecule has 1 aromatic rings. The Balaban J connectivity index is 2.17. The maximum Gasteiger partial charge on any atom is 0.240 e. The normalized spacial score (nSPS) is 14.3. The number of hydrogen-bond donors (Lipinski definition) is 1. The molecule has 0 bridgehead atoms. The number of fused-ring (bicyclic) bond motifs is 1. The molecule has 1 aromatic carbocycles. The molecule has 1 heterocycles. The lowest BCUT2D eigenvalue weighted by atomic mass is 10.1. The number of Topliss-reactive ketones (excluding diaryl/α,β-unsaturated/α-hetero) is 1. The maximum absolute atomic E-state index is 11.9. The van der Waals surface area contributed by atoms with Crippen molar-refractivity contribution in [2.45, 2.75) is 12.8 Å². The van der Waals surface area contributed by atoms with E-state index in [1.165, 1.54) is 0 Å².